The second kappa shape index (κ2) is 8.40. The molecule has 130 valence electrons. The van der Waals surface area contributed by atoms with E-state index in [1.54, 1.807) is 12.1 Å². The van der Waals surface area contributed by atoms with E-state index in [4.69, 9.17) is 9.92 Å². The molecule has 0 atom stereocenters. The van der Waals surface area contributed by atoms with Gasteiger partial charge in [-0.2, -0.15) is 4.52 Å². The number of hydrogen-bond acceptors (Lipinski definition) is 7. The summed E-state index contributed by atoms with van der Waals surface area (Å²) in [6, 6.07) is 6.04. The maximum Gasteiger partial charge on any atom is 0.223 e. The standard InChI is InChI=1S/C14H13FIN7OS/c15-10-3-1-2-9(6-10)12-21-13-11(7-19-14(17)23(13)22-12)20-8-18-4-5-24-25-16/h1-3,6-8H,4-5H2,(H2,17,19)(H,18,20). The van der Waals surface area contributed by atoms with Crippen LogP contribution in [0.15, 0.2) is 35.5 Å². The highest BCUT2D eigenvalue weighted by Gasteiger charge is 2.13. The Bertz CT molecular complexity index is 904. The molecular formula is C14H13FIN7OS. The van der Waals surface area contributed by atoms with Crippen LogP contribution in [-0.4, -0.2) is 39.1 Å². The Balaban J connectivity index is 1.86. The van der Waals surface area contributed by atoms with E-state index in [-0.39, 0.29) is 11.8 Å². The minimum Gasteiger partial charge on any atom is -0.368 e. The molecule has 0 saturated carbocycles. The van der Waals surface area contributed by atoms with Gasteiger partial charge in [-0.25, -0.2) is 14.4 Å². The van der Waals surface area contributed by atoms with E-state index in [9.17, 15) is 4.39 Å². The number of nitrogens with one attached hydrogen (secondary N) is 1. The first-order valence-corrected chi connectivity index (χ1v) is 10.4. The smallest absolute Gasteiger partial charge is 0.223 e. The van der Waals surface area contributed by atoms with Crippen LogP contribution >= 0.6 is 30.4 Å². The van der Waals surface area contributed by atoms with Crippen LogP contribution < -0.4 is 11.1 Å². The summed E-state index contributed by atoms with van der Waals surface area (Å²) >= 11 is 2.04. The summed E-state index contributed by atoms with van der Waals surface area (Å²) in [6.45, 7) is 1.03. The lowest BCUT2D eigenvalue weighted by Gasteiger charge is -2.02. The van der Waals surface area contributed by atoms with Crippen molar-refractivity contribution in [2.45, 2.75) is 0 Å². The topological polar surface area (TPSA) is 103 Å². The Labute approximate surface area is 158 Å². The fourth-order valence-corrected chi connectivity index (χ4v) is 2.72. The van der Waals surface area contributed by atoms with E-state index in [1.165, 1.54) is 38.4 Å². The Morgan fingerprint density at radius 2 is 2.36 bits per heavy atom. The number of nitrogens with two attached hydrogens (primary N) is 1. The average Bonchev–Trinajstić information content (AvgIpc) is 3.06. The van der Waals surface area contributed by atoms with E-state index in [1.807, 2.05) is 21.2 Å². The predicted molar refractivity (Wildman–Crippen MR) is 105 cm³/mol. The van der Waals surface area contributed by atoms with Crippen molar-refractivity contribution >= 4 is 54.0 Å². The van der Waals surface area contributed by atoms with Crippen molar-refractivity contribution in [1.82, 2.24) is 19.6 Å². The number of fused-ring (bicyclic) bond motifs is 1. The van der Waals surface area contributed by atoms with E-state index in [0.29, 0.717) is 35.9 Å². The lowest BCUT2D eigenvalue weighted by molar-refractivity contribution is 0.394. The molecule has 0 saturated heterocycles. The molecule has 1 aromatic carbocycles. The largest absolute Gasteiger partial charge is 0.368 e. The second-order valence-electron chi connectivity index (χ2n) is 4.78. The van der Waals surface area contributed by atoms with Gasteiger partial charge in [-0.1, -0.05) is 12.1 Å². The third-order valence-electron chi connectivity index (χ3n) is 3.13. The number of halogens is 2. The van der Waals surface area contributed by atoms with Gasteiger partial charge in [0.25, 0.3) is 0 Å². The maximum atomic E-state index is 13.4. The quantitative estimate of drug-likeness (QED) is 0.179. The van der Waals surface area contributed by atoms with Gasteiger partial charge in [0.15, 0.2) is 11.5 Å². The minimum absolute atomic E-state index is 0.181. The highest BCUT2D eigenvalue weighted by molar-refractivity contribution is 14.2. The van der Waals surface area contributed by atoms with Gasteiger partial charge in [-0.3, -0.25) is 4.99 Å². The number of benzene rings is 1. The van der Waals surface area contributed by atoms with Crippen molar-refractivity contribution in [2.24, 2.45) is 4.99 Å². The molecule has 3 aromatic rings. The molecule has 2 aromatic heterocycles. The summed E-state index contributed by atoms with van der Waals surface area (Å²) < 4.78 is 19.9. The Morgan fingerprint density at radius 3 is 3.16 bits per heavy atom. The zero-order chi connectivity index (χ0) is 17.6. The molecule has 11 heteroatoms. The van der Waals surface area contributed by atoms with Gasteiger partial charge in [0.1, 0.15) is 11.5 Å². The monoisotopic (exact) mass is 473 g/mol. The van der Waals surface area contributed by atoms with Crippen LogP contribution in [0.3, 0.4) is 0 Å². The summed E-state index contributed by atoms with van der Waals surface area (Å²) in [5, 5.41) is 7.29. The average molecular weight is 473 g/mol. The first-order chi connectivity index (χ1) is 12.2. The second-order valence-corrected chi connectivity index (χ2v) is 6.22. The molecule has 3 rings (SSSR count). The van der Waals surface area contributed by atoms with Crippen LogP contribution in [0.25, 0.3) is 17.0 Å². The lowest BCUT2D eigenvalue weighted by atomic mass is 10.2. The summed E-state index contributed by atoms with van der Waals surface area (Å²) in [4.78, 5) is 12.7. The summed E-state index contributed by atoms with van der Waals surface area (Å²) in [5.41, 5.74) is 7.45. The normalized spacial score (nSPS) is 11.4. The number of anilines is 2. The third kappa shape index (κ3) is 4.35. The van der Waals surface area contributed by atoms with Gasteiger partial charge in [-0.15, -0.1) is 5.10 Å². The Hall–Kier alpha value is -1.99. The summed E-state index contributed by atoms with van der Waals surface area (Å²) in [6.07, 6.45) is 3.07. The van der Waals surface area contributed by atoms with E-state index < -0.39 is 0 Å². The molecule has 0 aliphatic rings. The van der Waals surface area contributed by atoms with Gasteiger partial charge >= 0.3 is 0 Å². The van der Waals surface area contributed by atoms with Gasteiger partial charge in [0, 0.05) is 26.8 Å². The molecule has 0 fully saturated rings. The predicted octanol–water partition coefficient (Wildman–Crippen LogP) is 2.97. The van der Waals surface area contributed by atoms with Crippen LogP contribution in [0.5, 0.6) is 0 Å². The number of hydrogen-bond donors (Lipinski definition) is 2. The molecule has 0 spiro atoms. The minimum atomic E-state index is -0.361. The fraction of sp³-hybridized carbons (Fsp3) is 0.143. The van der Waals surface area contributed by atoms with Crippen molar-refractivity contribution in [3.05, 3.63) is 36.3 Å². The zero-order valence-electron chi connectivity index (χ0n) is 12.8. The maximum absolute atomic E-state index is 13.4. The Kier molecular flexibility index (Phi) is 5.99. The molecule has 0 bridgehead atoms. The molecule has 0 aliphatic carbocycles. The van der Waals surface area contributed by atoms with Crippen molar-refractivity contribution in [1.29, 1.82) is 0 Å². The van der Waals surface area contributed by atoms with Crippen molar-refractivity contribution in [3.8, 4) is 11.4 Å². The molecule has 2 heterocycles. The number of rotatable bonds is 7. The first-order valence-electron chi connectivity index (χ1n) is 7.11. The molecule has 3 N–H and O–H groups in total. The highest BCUT2D eigenvalue weighted by Crippen LogP contribution is 2.22. The van der Waals surface area contributed by atoms with Crippen molar-refractivity contribution in [2.75, 3.05) is 24.2 Å². The molecular weight excluding hydrogens is 460 g/mol. The molecule has 0 unspecified atom stereocenters. The van der Waals surface area contributed by atoms with E-state index >= 15 is 0 Å². The molecule has 25 heavy (non-hydrogen) atoms. The van der Waals surface area contributed by atoms with Gasteiger partial charge < -0.3 is 15.2 Å². The van der Waals surface area contributed by atoms with Crippen LogP contribution in [0.1, 0.15) is 0 Å². The number of aliphatic imine (C=N–C) groups is 1. The highest BCUT2D eigenvalue weighted by atomic mass is 127. The van der Waals surface area contributed by atoms with E-state index in [2.05, 4.69) is 25.4 Å². The van der Waals surface area contributed by atoms with Gasteiger partial charge in [0.2, 0.25) is 5.95 Å². The Morgan fingerprint density at radius 1 is 1.48 bits per heavy atom. The van der Waals surface area contributed by atoms with Crippen LogP contribution in [0.4, 0.5) is 16.0 Å². The zero-order valence-corrected chi connectivity index (χ0v) is 15.7. The SMILES string of the molecule is Nc1ncc(NC=NCCOSI)c2nc(-c3cccc(F)c3)nn12. The summed E-state index contributed by atoms with van der Waals surface area (Å²) in [7, 11) is 1.26. The number of nitrogen functional groups attached to an aromatic ring is 1. The third-order valence-corrected chi connectivity index (χ3v) is 4.15. The summed E-state index contributed by atoms with van der Waals surface area (Å²) in [5.74, 6) is 0.173. The van der Waals surface area contributed by atoms with Crippen LogP contribution in [0.2, 0.25) is 0 Å². The first kappa shape index (κ1) is 17.8. The molecule has 0 amide bonds. The number of nitrogens with zero attached hydrogens (tertiary/aromatic N) is 5. The van der Waals surface area contributed by atoms with Gasteiger partial charge in [0.05, 0.1) is 34.9 Å². The van der Waals surface area contributed by atoms with Crippen LogP contribution in [-0.2, 0) is 4.18 Å². The van der Waals surface area contributed by atoms with Crippen LogP contribution in [0, 0.1) is 5.82 Å². The molecule has 0 aliphatic heterocycles. The molecule has 0 radical (unpaired) electrons. The lowest BCUT2D eigenvalue weighted by Crippen LogP contribution is -2.06. The van der Waals surface area contributed by atoms with Crippen molar-refractivity contribution < 1.29 is 8.57 Å². The van der Waals surface area contributed by atoms with E-state index in [0.717, 1.165) is 0 Å². The fourth-order valence-electron chi connectivity index (χ4n) is 2.04. The molecule has 8 nitrogen and oxygen atoms in total. The number of aromatic nitrogens is 4. The van der Waals surface area contributed by atoms with Crippen molar-refractivity contribution in [3.63, 3.8) is 0 Å². The van der Waals surface area contributed by atoms with Gasteiger partial charge in [-0.05, 0) is 12.1 Å².